The van der Waals surface area contributed by atoms with E-state index in [1.165, 1.54) is 19.3 Å². The number of carbonyl (C=O) groups excluding carboxylic acids is 1. The van der Waals surface area contributed by atoms with Crippen LogP contribution in [0.15, 0.2) is 18.5 Å². The first-order valence-corrected chi connectivity index (χ1v) is 8.23. The zero-order valence-electron chi connectivity index (χ0n) is 13.2. The summed E-state index contributed by atoms with van der Waals surface area (Å²) >= 11 is 0. The van der Waals surface area contributed by atoms with E-state index in [1.54, 1.807) is 12.4 Å². The van der Waals surface area contributed by atoms with Gasteiger partial charge >= 0.3 is 0 Å². The first-order valence-electron chi connectivity index (χ1n) is 8.23. The molecule has 0 bridgehead atoms. The van der Waals surface area contributed by atoms with Crippen molar-refractivity contribution < 1.29 is 4.79 Å². The van der Waals surface area contributed by atoms with Gasteiger partial charge in [-0.05, 0) is 44.1 Å². The summed E-state index contributed by atoms with van der Waals surface area (Å²) in [6.45, 7) is 5.23. The molecule has 1 saturated carbocycles. The van der Waals surface area contributed by atoms with Crippen LogP contribution in [0.1, 0.15) is 62.7 Å². The Morgan fingerprint density at radius 3 is 2.71 bits per heavy atom. The molecule has 1 aromatic heterocycles. The first kappa shape index (κ1) is 15.8. The van der Waals surface area contributed by atoms with Crippen molar-refractivity contribution in [1.82, 2.24) is 10.3 Å². The molecule has 2 N–H and O–H groups in total. The summed E-state index contributed by atoms with van der Waals surface area (Å²) in [5, 5.41) is 6.47. The molecule has 1 aromatic rings. The van der Waals surface area contributed by atoms with Crippen LogP contribution in [0, 0.1) is 5.92 Å². The monoisotopic (exact) mass is 289 g/mol. The second-order valence-electron chi connectivity index (χ2n) is 5.95. The molecular weight excluding hydrogens is 262 g/mol. The maximum absolute atomic E-state index is 12.5. The van der Waals surface area contributed by atoms with Gasteiger partial charge in [0.2, 0.25) is 0 Å². The molecule has 1 aliphatic carbocycles. The van der Waals surface area contributed by atoms with Crippen molar-refractivity contribution in [2.45, 2.75) is 58.4 Å². The zero-order valence-corrected chi connectivity index (χ0v) is 13.2. The van der Waals surface area contributed by atoms with Crippen molar-refractivity contribution in [3.8, 4) is 0 Å². The van der Waals surface area contributed by atoms with Crippen LogP contribution in [0.4, 0.5) is 5.69 Å². The topological polar surface area (TPSA) is 54.0 Å². The minimum atomic E-state index is 0.00153. The number of anilines is 1. The molecule has 1 aliphatic rings. The van der Waals surface area contributed by atoms with Crippen LogP contribution in [0.2, 0.25) is 0 Å². The van der Waals surface area contributed by atoms with Gasteiger partial charge in [-0.25, -0.2) is 0 Å². The number of hydrogen-bond acceptors (Lipinski definition) is 3. The summed E-state index contributed by atoms with van der Waals surface area (Å²) < 4.78 is 0. The Labute approximate surface area is 127 Å². The molecule has 0 spiro atoms. The van der Waals surface area contributed by atoms with E-state index in [1.807, 2.05) is 6.07 Å². The predicted molar refractivity (Wildman–Crippen MR) is 86.5 cm³/mol. The van der Waals surface area contributed by atoms with Gasteiger partial charge in [-0.2, -0.15) is 0 Å². The number of pyridine rings is 1. The zero-order chi connectivity index (χ0) is 15.1. The van der Waals surface area contributed by atoms with Crippen LogP contribution < -0.4 is 10.6 Å². The molecule has 4 nitrogen and oxygen atoms in total. The van der Waals surface area contributed by atoms with E-state index in [0.717, 1.165) is 37.4 Å². The lowest BCUT2D eigenvalue weighted by molar-refractivity contribution is 0.0922. The summed E-state index contributed by atoms with van der Waals surface area (Å²) in [7, 11) is 0. The summed E-state index contributed by atoms with van der Waals surface area (Å²) in [6.07, 6.45) is 10.3. The van der Waals surface area contributed by atoms with Crippen LogP contribution in [-0.2, 0) is 0 Å². The number of amides is 1. The van der Waals surface area contributed by atoms with Crippen molar-refractivity contribution in [3.63, 3.8) is 0 Å². The van der Waals surface area contributed by atoms with E-state index in [0.29, 0.717) is 11.6 Å². The Kier molecular flexibility index (Phi) is 6.03. The van der Waals surface area contributed by atoms with Crippen LogP contribution in [0.25, 0.3) is 0 Å². The highest BCUT2D eigenvalue weighted by molar-refractivity contribution is 5.99. The third kappa shape index (κ3) is 4.45. The summed E-state index contributed by atoms with van der Waals surface area (Å²) in [5.41, 5.74) is 1.54. The van der Waals surface area contributed by atoms with Crippen molar-refractivity contribution in [1.29, 1.82) is 0 Å². The van der Waals surface area contributed by atoms with Crippen LogP contribution in [0.3, 0.4) is 0 Å². The highest BCUT2D eigenvalue weighted by atomic mass is 16.1. The number of carbonyl (C=O) groups is 1. The third-order valence-corrected chi connectivity index (χ3v) is 4.39. The van der Waals surface area contributed by atoms with Crippen molar-refractivity contribution in [3.05, 3.63) is 24.0 Å². The van der Waals surface area contributed by atoms with Gasteiger partial charge in [0.25, 0.3) is 5.91 Å². The van der Waals surface area contributed by atoms with Crippen LogP contribution >= 0.6 is 0 Å². The molecular formula is C17H27N3O. The standard InChI is InChI=1S/C17H27N3O/c1-3-10-19-16-9-11-18-12-15(16)17(21)20-14-7-5-13(4-2)6-8-14/h9,11-14H,3-8,10H2,1-2H3,(H,18,19)(H,20,21). The molecule has 0 atom stereocenters. The number of nitrogens with one attached hydrogen (secondary N) is 2. The fourth-order valence-corrected chi connectivity index (χ4v) is 2.97. The fourth-order valence-electron chi connectivity index (χ4n) is 2.97. The number of hydrogen-bond donors (Lipinski definition) is 2. The largest absolute Gasteiger partial charge is 0.384 e. The second kappa shape index (κ2) is 8.01. The third-order valence-electron chi connectivity index (χ3n) is 4.39. The van der Waals surface area contributed by atoms with Crippen molar-refractivity contribution >= 4 is 11.6 Å². The van der Waals surface area contributed by atoms with Crippen LogP contribution in [-0.4, -0.2) is 23.5 Å². The summed E-state index contributed by atoms with van der Waals surface area (Å²) in [5.74, 6) is 0.847. The van der Waals surface area contributed by atoms with Gasteiger partial charge in [0.15, 0.2) is 0 Å². The molecule has 0 aromatic carbocycles. The maximum atomic E-state index is 12.5. The van der Waals surface area contributed by atoms with Crippen LogP contribution in [0.5, 0.6) is 0 Å². The highest BCUT2D eigenvalue weighted by Crippen LogP contribution is 2.26. The van der Waals surface area contributed by atoms with E-state index in [-0.39, 0.29) is 5.91 Å². The molecule has 0 unspecified atom stereocenters. The number of rotatable bonds is 6. The van der Waals surface area contributed by atoms with E-state index in [4.69, 9.17) is 0 Å². The second-order valence-corrected chi connectivity index (χ2v) is 5.95. The summed E-state index contributed by atoms with van der Waals surface area (Å²) in [6, 6.07) is 2.19. The van der Waals surface area contributed by atoms with Crippen molar-refractivity contribution in [2.24, 2.45) is 5.92 Å². The molecule has 0 radical (unpaired) electrons. The van der Waals surface area contributed by atoms with E-state index in [9.17, 15) is 4.79 Å². The molecule has 1 fully saturated rings. The van der Waals surface area contributed by atoms with Gasteiger partial charge in [0.05, 0.1) is 11.3 Å². The fraction of sp³-hybridized carbons (Fsp3) is 0.647. The normalized spacial score (nSPS) is 21.8. The highest BCUT2D eigenvalue weighted by Gasteiger charge is 2.22. The summed E-state index contributed by atoms with van der Waals surface area (Å²) in [4.78, 5) is 16.5. The lowest BCUT2D eigenvalue weighted by Crippen LogP contribution is -2.37. The smallest absolute Gasteiger partial charge is 0.255 e. The quantitative estimate of drug-likeness (QED) is 0.841. The van der Waals surface area contributed by atoms with E-state index in [2.05, 4.69) is 29.5 Å². The Morgan fingerprint density at radius 1 is 1.29 bits per heavy atom. The Hall–Kier alpha value is -1.58. The minimum absolute atomic E-state index is 0.00153. The Morgan fingerprint density at radius 2 is 2.05 bits per heavy atom. The van der Waals surface area contributed by atoms with E-state index >= 15 is 0 Å². The molecule has 116 valence electrons. The number of aromatic nitrogens is 1. The first-order chi connectivity index (χ1) is 10.2. The molecule has 4 heteroatoms. The Balaban J connectivity index is 1.94. The van der Waals surface area contributed by atoms with Gasteiger partial charge in [0.1, 0.15) is 0 Å². The lowest BCUT2D eigenvalue weighted by atomic mass is 9.84. The van der Waals surface area contributed by atoms with Crippen molar-refractivity contribution in [2.75, 3.05) is 11.9 Å². The average molecular weight is 289 g/mol. The maximum Gasteiger partial charge on any atom is 0.255 e. The molecule has 1 amide bonds. The van der Waals surface area contributed by atoms with Gasteiger partial charge < -0.3 is 10.6 Å². The molecule has 0 aliphatic heterocycles. The van der Waals surface area contributed by atoms with Gasteiger partial charge in [-0.3, -0.25) is 9.78 Å². The molecule has 0 saturated heterocycles. The molecule has 21 heavy (non-hydrogen) atoms. The predicted octanol–water partition coefficient (Wildman–Crippen LogP) is 3.60. The van der Waals surface area contributed by atoms with Gasteiger partial charge in [0, 0.05) is 25.0 Å². The van der Waals surface area contributed by atoms with Gasteiger partial charge in [-0.15, -0.1) is 0 Å². The van der Waals surface area contributed by atoms with E-state index < -0.39 is 0 Å². The SMILES string of the molecule is CCCNc1ccncc1C(=O)NC1CCC(CC)CC1. The molecule has 2 rings (SSSR count). The lowest BCUT2D eigenvalue weighted by Gasteiger charge is -2.28. The Bertz CT molecular complexity index is 453. The molecule has 1 heterocycles. The average Bonchev–Trinajstić information content (AvgIpc) is 2.54. The number of nitrogens with zero attached hydrogens (tertiary/aromatic N) is 1. The minimum Gasteiger partial charge on any atom is -0.384 e. The van der Waals surface area contributed by atoms with Gasteiger partial charge in [-0.1, -0.05) is 20.3 Å².